The molecule has 0 amide bonds. The normalized spacial score (nSPS) is 18.5. The van der Waals surface area contributed by atoms with Crippen LogP contribution in [0.1, 0.15) is 38.5 Å². The van der Waals surface area contributed by atoms with Gasteiger partial charge in [0.25, 0.3) is 0 Å². The summed E-state index contributed by atoms with van der Waals surface area (Å²) in [6.45, 7) is 0.761. The Hall–Kier alpha value is -0.570. The van der Waals surface area contributed by atoms with Crippen molar-refractivity contribution in [2.75, 3.05) is 13.7 Å². The molecule has 1 aliphatic carbocycles. The van der Waals surface area contributed by atoms with Gasteiger partial charge in [0.15, 0.2) is 0 Å². The smallest absolute Gasteiger partial charge is 0.306 e. The number of hydrogen-bond donors (Lipinski definition) is 1. The zero-order chi connectivity index (χ0) is 9.52. The van der Waals surface area contributed by atoms with E-state index in [1.165, 1.54) is 39.2 Å². The van der Waals surface area contributed by atoms with Crippen molar-refractivity contribution in [3.63, 3.8) is 0 Å². The molecule has 0 aromatic heterocycles. The summed E-state index contributed by atoms with van der Waals surface area (Å²) in [7, 11) is 1.43. The molecule has 0 radical (unpaired) electrons. The number of carbonyl (C=O) groups excluding carboxylic acids is 1. The van der Waals surface area contributed by atoms with Crippen LogP contribution >= 0.6 is 0 Å². The molecule has 0 atom stereocenters. The molecule has 1 rings (SSSR count). The molecule has 0 heterocycles. The second-order valence-electron chi connectivity index (χ2n) is 3.62. The van der Waals surface area contributed by atoms with Gasteiger partial charge in [0, 0.05) is 12.6 Å². The Labute approximate surface area is 79.8 Å². The van der Waals surface area contributed by atoms with Gasteiger partial charge in [-0.05, 0) is 12.8 Å². The lowest BCUT2D eigenvalue weighted by Gasteiger charge is -2.22. The van der Waals surface area contributed by atoms with Crippen molar-refractivity contribution in [3.05, 3.63) is 0 Å². The Kier molecular flexibility index (Phi) is 4.83. The average molecular weight is 185 g/mol. The summed E-state index contributed by atoms with van der Waals surface area (Å²) >= 11 is 0. The van der Waals surface area contributed by atoms with Gasteiger partial charge in [-0.25, -0.2) is 0 Å². The minimum Gasteiger partial charge on any atom is -0.469 e. The van der Waals surface area contributed by atoms with E-state index >= 15 is 0 Å². The Morgan fingerprint density at radius 1 is 1.38 bits per heavy atom. The fraction of sp³-hybridized carbons (Fsp3) is 0.900. The standard InChI is InChI=1S/C10H19NO2/c1-13-10(12)7-8-11-9-5-3-2-4-6-9/h9,11H,2-8H2,1H3. The van der Waals surface area contributed by atoms with E-state index in [-0.39, 0.29) is 5.97 Å². The fourth-order valence-corrected chi connectivity index (χ4v) is 1.79. The van der Waals surface area contributed by atoms with E-state index in [4.69, 9.17) is 0 Å². The van der Waals surface area contributed by atoms with Crippen LogP contribution < -0.4 is 5.32 Å². The van der Waals surface area contributed by atoms with E-state index in [2.05, 4.69) is 10.1 Å². The molecule has 0 unspecified atom stereocenters. The predicted octanol–water partition coefficient (Wildman–Crippen LogP) is 1.47. The number of esters is 1. The number of carbonyl (C=O) groups is 1. The topological polar surface area (TPSA) is 38.3 Å². The van der Waals surface area contributed by atoms with E-state index in [1.807, 2.05) is 0 Å². The molecule has 0 saturated heterocycles. The molecule has 1 aliphatic rings. The van der Waals surface area contributed by atoms with Crippen molar-refractivity contribution in [1.82, 2.24) is 5.32 Å². The number of hydrogen-bond acceptors (Lipinski definition) is 3. The van der Waals surface area contributed by atoms with Gasteiger partial charge in [0.05, 0.1) is 13.5 Å². The molecule has 76 valence electrons. The number of methoxy groups -OCH3 is 1. The van der Waals surface area contributed by atoms with E-state index in [0.29, 0.717) is 12.5 Å². The zero-order valence-electron chi connectivity index (χ0n) is 8.34. The van der Waals surface area contributed by atoms with Crippen LogP contribution in [0.4, 0.5) is 0 Å². The molecule has 0 aromatic carbocycles. The third kappa shape index (κ3) is 4.27. The minimum absolute atomic E-state index is 0.122. The molecule has 3 nitrogen and oxygen atoms in total. The molecule has 1 N–H and O–H groups in total. The summed E-state index contributed by atoms with van der Waals surface area (Å²) in [5.74, 6) is -0.122. The van der Waals surface area contributed by atoms with Gasteiger partial charge in [-0.15, -0.1) is 0 Å². The van der Waals surface area contributed by atoms with Crippen LogP contribution in [-0.2, 0) is 9.53 Å². The molecule has 0 spiro atoms. The Balaban J connectivity index is 2.01. The van der Waals surface area contributed by atoms with Crippen molar-refractivity contribution >= 4 is 5.97 Å². The predicted molar refractivity (Wildman–Crippen MR) is 51.5 cm³/mol. The number of rotatable bonds is 4. The highest BCUT2D eigenvalue weighted by molar-refractivity contribution is 5.69. The van der Waals surface area contributed by atoms with Crippen LogP contribution in [0.15, 0.2) is 0 Å². The van der Waals surface area contributed by atoms with E-state index < -0.39 is 0 Å². The van der Waals surface area contributed by atoms with Gasteiger partial charge < -0.3 is 10.1 Å². The van der Waals surface area contributed by atoms with Crippen molar-refractivity contribution in [3.8, 4) is 0 Å². The van der Waals surface area contributed by atoms with Gasteiger partial charge >= 0.3 is 5.97 Å². The fourth-order valence-electron chi connectivity index (χ4n) is 1.79. The lowest BCUT2D eigenvalue weighted by Crippen LogP contribution is -2.32. The van der Waals surface area contributed by atoms with Crippen LogP contribution in [0, 0.1) is 0 Å². The summed E-state index contributed by atoms with van der Waals surface area (Å²) in [5, 5.41) is 3.39. The maximum absolute atomic E-state index is 10.8. The summed E-state index contributed by atoms with van der Waals surface area (Å²) < 4.78 is 4.56. The molecule has 1 fully saturated rings. The quantitative estimate of drug-likeness (QED) is 0.674. The third-order valence-corrected chi connectivity index (χ3v) is 2.59. The number of ether oxygens (including phenoxy) is 1. The summed E-state index contributed by atoms with van der Waals surface area (Å²) in [6, 6.07) is 0.637. The van der Waals surface area contributed by atoms with E-state index in [9.17, 15) is 4.79 Å². The highest BCUT2D eigenvalue weighted by Gasteiger charge is 2.12. The van der Waals surface area contributed by atoms with Gasteiger partial charge in [0.2, 0.25) is 0 Å². The Morgan fingerprint density at radius 3 is 2.69 bits per heavy atom. The molecule has 0 bridgehead atoms. The summed E-state index contributed by atoms with van der Waals surface area (Å²) in [5.41, 5.74) is 0. The van der Waals surface area contributed by atoms with Gasteiger partial charge in [-0.3, -0.25) is 4.79 Å². The molecule has 0 aliphatic heterocycles. The lowest BCUT2D eigenvalue weighted by molar-refractivity contribution is -0.140. The second-order valence-corrected chi connectivity index (χ2v) is 3.62. The van der Waals surface area contributed by atoms with Crippen molar-refractivity contribution in [2.24, 2.45) is 0 Å². The molecular formula is C10H19NO2. The molecule has 1 saturated carbocycles. The van der Waals surface area contributed by atoms with Gasteiger partial charge in [-0.1, -0.05) is 19.3 Å². The van der Waals surface area contributed by atoms with Gasteiger partial charge in [0.1, 0.15) is 0 Å². The van der Waals surface area contributed by atoms with Crippen LogP contribution in [0.5, 0.6) is 0 Å². The monoisotopic (exact) mass is 185 g/mol. The minimum atomic E-state index is -0.122. The average Bonchev–Trinajstić information content (AvgIpc) is 2.19. The maximum Gasteiger partial charge on any atom is 0.306 e. The molecule has 13 heavy (non-hydrogen) atoms. The van der Waals surface area contributed by atoms with Crippen molar-refractivity contribution < 1.29 is 9.53 Å². The van der Waals surface area contributed by atoms with Crippen LogP contribution in [-0.4, -0.2) is 25.7 Å². The number of nitrogens with one attached hydrogen (secondary N) is 1. The maximum atomic E-state index is 10.8. The largest absolute Gasteiger partial charge is 0.469 e. The SMILES string of the molecule is COC(=O)CCNC1CCCCC1. The van der Waals surface area contributed by atoms with Crippen LogP contribution in [0.3, 0.4) is 0 Å². The van der Waals surface area contributed by atoms with Crippen LogP contribution in [0.25, 0.3) is 0 Å². The Bertz CT molecular complexity index is 153. The molecular weight excluding hydrogens is 166 g/mol. The lowest BCUT2D eigenvalue weighted by atomic mass is 9.95. The molecule has 3 heteroatoms. The third-order valence-electron chi connectivity index (χ3n) is 2.59. The zero-order valence-corrected chi connectivity index (χ0v) is 8.34. The molecule has 0 aromatic rings. The first-order chi connectivity index (χ1) is 6.33. The first kappa shape index (κ1) is 10.5. The van der Waals surface area contributed by atoms with Crippen molar-refractivity contribution in [2.45, 2.75) is 44.6 Å². The summed E-state index contributed by atoms with van der Waals surface area (Å²) in [6.07, 6.45) is 7.05. The van der Waals surface area contributed by atoms with Crippen LogP contribution in [0.2, 0.25) is 0 Å². The van der Waals surface area contributed by atoms with E-state index in [1.54, 1.807) is 0 Å². The van der Waals surface area contributed by atoms with E-state index in [0.717, 1.165) is 6.54 Å². The second kappa shape index (κ2) is 5.97. The first-order valence-corrected chi connectivity index (χ1v) is 5.13. The first-order valence-electron chi connectivity index (χ1n) is 5.13. The Morgan fingerprint density at radius 2 is 2.08 bits per heavy atom. The highest BCUT2D eigenvalue weighted by atomic mass is 16.5. The highest BCUT2D eigenvalue weighted by Crippen LogP contribution is 2.17. The van der Waals surface area contributed by atoms with Crippen molar-refractivity contribution in [1.29, 1.82) is 0 Å². The van der Waals surface area contributed by atoms with Gasteiger partial charge in [-0.2, -0.15) is 0 Å². The summed E-state index contributed by atoms with van der Waals surface area (Å²) in [4.78, 5) is 10.8.